The van der Waals surface area contributed by atoms with Gasteiger partial charge in [0.05, 0.1) is 19.6 Å². The Kier molecular flexibility index (Phi) is 48.5. The quantitative estimate of drug-likeness (QED) is 0.0281. The second-order valence-corrected chi connectivity index (χ2v) is 18.6. The molecular formula is C48H95NaO7S. The molecule has 0 aromatic heterocycles. The summed E-state index contributed by atoms with van der Waals surface area (Å²) in [5, 5.41) is -1.94. The maximum Gasteiger partial charge on any atom is 1.00 e. The summed E-state index contributed by atoms with van der Waals surface area (Å²) >= 11 is 0. The van der Waals surface area contributed by atoms with Crippen LogP contribution in [0, 0.1) is 0 Å². The fourth-order valence-corrected chi connectivity index (χ4v) is 8.34. The summed E-state index contributed by atoms with van der Waals surface area (Å²) in [5.41, 5.74) is 0. The number of carbonyl (C=O) groups excluding carboxylic acids is 2. The molecule has 0 spiro atoms. The Morgan fingerprint density at radius 3 is 0.842 bits per heavy atom. The van der Waals surface area contributed by atoms with Crippen molar-refractivity contribution >= 4 is 22.1 Å². The van der Waals surface area contributed by atoms with Gasteiger partial charge in [0.15, 0.2) is 5.25 Å². The van der Waals surface area contributed by atoms with Crippen LogP contribution in [-0.2, 0) is 29.2 Å². The van der Waals surface area contributed by atoms with Gasteiger partial charge in [-0.3, -0.25) is 14.1 Å². The number of esters is 2. The molecule has 7 nitrogen and oxygen atoms in total. The van der Waals surface area contributed by atoms with E-state index in [0.29, 0.717) is 12.8 Å². The van der Waals surface area contributed by atoms with E-state index in [9.17, 15) is 22.6 Å². The minimum Gasteiger partial charge on any atom is -1.00 e. The number of ether oxygens (including phenoxy) is 2. The number of carbonyl (C=O) groups is 2. The van der Waals surface area contributed by atoms with Gasteiger partial charge in [-0.1, -0.05) is 258 Å². The largest absolute Gasteiger partial charge is 1.00 e. The normalized spacial score (nSPS) is 12.1. The van der Waals surface area contributed by atoms with Crippen molar-refractivity contribution in [3.8, 4) is 0 Å². The average molecular weight is 839 g/mol. The van der Waals surface area contributed by atoms with E-state index in [-0.39, 0.29) is 44.2 Å². The van der Waals surface area contributed by atoms with Crippen LogP contribution in [0.25, 0.3) is 0 Å². The zero-order chi connectivity index (χ0) is 41.1. The van der Waals surface area contributed by atoms with Crippen LogP contribution in [0.3, 0.4) is 0 Å². The Morgan fingerprint density at radius 2 is 0.614 bits per heavy atom. The third-order valence-electron chi connectivity index (χ3n) is 11.5. The summed E-state index contributed by atoms with van der Waals surface area (Å²) < 4.78 is 43.6. The molecule has 0 amide bonds. The third kappa shape index (κ3) is 45.2. The SMILES string of the molecule is CCCCCCCCCCCCCCCCCCCCCCOC(=O)CC(C(=O)OCCCCCCCCCCCCCCCCCCCCCC)S(=O)(=O)O.[H-].[Na+]. The van der Waals surface area contributed by atoms with Crippen LogP contribution in [0.15, 0.2) is 0 Å². The number of unbranched alkanes of at least 4 members (excludes halogenated alkanes) is 38. The van der Waals surface area contributed by atoms with E-state index in [1.165, 1.54) is 212 Å². The van der Waals surface area contributed by atoms with Crippen molar-refractivity contribution in [2.45, 2.75) is 282 Å². The Hall–Kier alpha value is -0.150. The molecule has 57 heavy (non-hydrogen) atoms. The van der Waals surface area contributed by atoms with Gasteiger partial charge in [-0.25, -0.2) is 0 Å². The number of hydrogen-bond donors (Lipinski definition) is 1. The Balaban J connectivity index is -0.0000151. The zero-order valence-corrected chi connectivity index (χ0v) is 41.1. The van der Waals surface area contributed by atoms with Crippen molar-refractivity contribution < 1.29 is 63.0 Å². The van der Waals surface area contributed by atoms with Gasteiger partial charge in [0.1, 0.15) is 0 Å². The van der Waals surface area contributed by atoms with Crippen LogP contribution in [0.5, 0.6) is 0 Å². The first kappa shape index (κ1) is 58.9. The number of rotatable bonds is 46. The van der Waals surface area contributed by atoms with Crippen LogP contribution < -0.4 is 29.6 Å². The molecule has 0 aromatic carbocycles. The molecule has 0 saturated heterocycles. The van der Waals surface area contributed by atoms with Gasteiger partial charge in [0, 0.05) is 0 Å². The van der Waals surface area contributed by atoms with Crippen molar-refractivity contribution in [2.24, 2.45) is 0 Å². The maximum absolute atomic E-state index is 12.4. The van der Waals surface area contributed by atoms with Gasteiger partial charge in [-0.05, 0) is 12.8 Å². The van der Waals surface area contributed by atoms with Crippen LogP contribution in [0.4, 0.5) is 0 Å². The smallest absolute Gasteiger partial charge is 1.00 e. The monoisotopic (exact) mass is 839 g/mol. The maximum atomic E-state index is 12.4. The fraction of sp³-hybridized carbons (Fsp3) is 0.958. The Labute approximate surface area is 378 Å². The van der Waals surface area contributed by atoms with E-state index < -0.39 is 33.7 Å². The van der Waals surface area contributed by atoms with Gasteiger partial charge in [-0.15, -0.1) is 0 Å². The van der Waals surface area contributed by atoms with Crippen LogP contribution in [0.2, 0.25) is 0 Å². The number of hydrogen-bond acceptors (Lipinski definition) is 6. The van der Waals surface area contributed by atoms with E-state index >= 15 is 0 Å². The minimum absolute atomic E-state index is 0. The van der Waals surface area contributed by atoms with Crippen molar-refractivity contribution in [1.82, 2.24) is 0 Å². The molecule has 9 heteroatoms. The molecule has 0 rings (SSSR count). The third-order valence-corrected chi connectivity index (χ3v) is 12.6. The molecule has 0 fully saturated rings. The second-order valence-electron chi connectivity index (χ2n) is 17.0. The van der Waals surface area contributed by atoms with Crippen molar-refractivity contribution in [2.75, 3.05) is 13.2 Å². The summed E-state index contributed by atoms with van der Waals surface area (Å²) in [5.74, 6) is -1.89. The predicted octanol–water partition coefficient (Wildman–Crippen LogP) is 12.5. The van der Waals surface area contributed by atoms with E-state index in [2.05, 4.69) is 13.8 Å². The standard InChI is InChI=1S/C48H94O7S.Na.H/c1-3-5-7-9-11-13-15-17-19-21-23-25-27-29-31-33-35-37-39-41-43-54-47(49)45-46(56(51,52)53)48(50)55-44-42-40-38-36-34-32-30-28-26-24-22-20-18-16-14-12-10-8-6-4-2;;/h46H,3-45H2,1-2H3,(H,51,52,53);;/q;+1;-1. The van der Waals surface area contributed by atoms with Gasteiger partial charge in [0.25, 0.3) is 10.1 Å². The van der Waals surface area contributed by atoms with Crippen molar-refractivity contribution in [1.29, 1.82) is 0 Å². The second kappa shape index (κ2) is 46.9. The van der Waals surface area contributed by atoms with Crippen molar-refractivity contribution in [3.63, 3.8) is 0 Å². The summed E-state index contributed by atoms with van der Waals surface area (Å²) in [7, 11) is -4.78. The summed E-state index contributed by atoms with van der Waals surface area (Å²) in [6.07, 6.45) is 50.6. The molecule has 0 bridgehead atoms. The van der Waals surface area contributed by atoms with E-state index in [4.69, 9.17) is 9.47 Å². The molecule has 1 unspecified atom stereocenters. The molecule has 0 radical (unpaired) electrons. The van der Waals surface area contributed by atoms with E-state index in [1.807, 2.05) is 0 Å². The molecule has 336 valence electrons. The first-order chi connectivity index (χ1) is 27.3. The summed E-state index contributed by atoms with van der Waals surface area (Å²) in [6, 6.07) is 0. The topological polar surface area (TPSA) is 107 Å². The van der Waals surface area contributed by atoms with Crippen LogP contribution >= 0.6 is 0 Å². The first-order valence-electron chi connectivity index (χ1n) is 24.6. The molecule has 0 aromatic rings. The molecule has 0 aliphatic carbocycles. The van der Waals surface area contributed by atoms with Gasteiger partial charge < -0.3 is 10.9 Å². The summed E-state index contributed by atoms with van der Waals surface area (Å²) in [6.45, 7) is 4.82. The van der Waals surface area contributed by atoms with Gasteiger partial charge in [0.2, 0.25) is 0 Å². The molecule has 0 saturated carbocycles. The van der Waals surface area contributed by atoms with Gasteiger partial charge in [-0.2, -0.15) is 8.42 Å². The average Bonchev–Trinajstić information content (AvgIpc) is 3.17. The first-order valence-corrected chi connectivity index (χ1v) is 26.1. The van der Waals surface area contributed by atoms with E-state index in [0.717, 1.165) is 32.1 Å². The Bertz CT molecular complexity index is 952. The fourth-order valence-electron chi connectivity index (χ4n) is 7.69. The molecular weight excluding hydrogens is 744 g/mol. The van der Waals surface area contributed by atoms with Crippen LogP contribution in [-0.4, -0.2) is 43.4 Å². The minimum atomic E-state index is -4.78. The van der Waals surface area contributed by atoms with Crippen molar-refractivity contribution in [3.05, 3.63) is 0 Å². The van der Waals surface area contributed by atoms with Gasteiger partial charge >= 0.3 is 41.5 Å². The summed E-state index contributed by atoms with van der Waals surface area (Å²) in [4.78, 5) is 24.7. The molecule has 0 aliphatic heterocycles. The van der Waals surface area contributed by atoms with Crippen LogP contribution in [0.1, 0.15) is 279 Å². The molecule has 0 aliphatic rings. The Morgan fingerprint density at radius 1 is 0.404 bits per heavy atom. The molecule has 1 atom stereocenters. The predicted molar refractivity (Wildman–Crippen MR) is 239 cm³/mol. The molecule has 1 N–H and O–H groups in total. The molecule has 0 heterocycles. The van der Waals surface area contributed by atoms with E-state index in [1.54, 1.807) is 0 Å². The zero-order valence-electron chi connectivity index (χ0n) is 39.3.